The minimum Gasteiger partial charge on any atom is -0.473 e. The van der Waals surface area contributed by atoms with E-state index >= 15 is 0 Å². The maximum absolute atomic E-state index is 11.5. The molecule has 114 valence electrons. The quantitative estimate of drug-likeness (QED) is 0.627. The molecule has 20 heavy (non-hydrogen) atoms. The second-order valence-corrected chi connectivity index (χ2v) is 6.28. The molecule has 0 aromatic carbocycles. The third kappa shape index (κ3) is 5.17. The number of nitrogens with zero attached hydrogens (tertiary/aromatic N) is 2. The number of nitrogens with two attached hydrogens (primary N) is 1. The van der Waals surface area contributed by atoms with Crippen LogP contribution in [0.15, 0.2) is 6.33 Å². The molecule has 0 aliphatic carbocycles. The van der Waals surface area contributed by atoms with E-state index in [1.807, 2.05) is 13.8 Å². The van der Waals surface area contributed by atoms with Gasteiger partial charge in [0, 0.05) is 13.1 Å². The second-order valence-electron chi connectivity index (χ2n) is 4.35. The molecule has 0 atom stereocenters. The SMILES string of the molecule is CCNS(=O)(=O)CCNc1ncnc(OC(C)C)c1N. The van der Waals surface area contributed by atoms with Crippen molar-refractivity contribution in [3.8, 4) is 5.88 Å². The van der Waals surface area contributed by atoms with Crippen LogP contribution in [0.1, 0.15) is 20.8 Å². The number of aromatic nitrogens is 2. The van der Waals surface area contributed by atoms with Crippen LogP contribution in [0, 0.1) is 0 Å². The molecule has 0 fully saturated rings. The van der Waals surface area contributed by atoms with Gasteiger partial charge in [-0.1, -0.05) is 6.92 Å². The van der Waals surface area contributed by atoms with Gasteiger partial charge in [-0.25, -0.2) is 18.1 Å². The molecule has 0 saturated carbocycles. The average molecular weight is 303 g/mol. The number of sulfonamides is 1. The van der Waals surface area contributed by atoms with Gasteiger partial charge in [-0.3, -0.25) is 0 Å². The summed E-state index contributed by atoms with van der Waals surface area (Å²) in [5.74, 6) is 0.583. The molecule has 0 saturated heterocycles. The number of anilines is 2. The minimum absolute atomic E-state index is 0.0609. The summed E-state index contributed by atoms with van der Waals surface area (Å²) < 4.78 is 30.8. The van der Waals surface area contributed by atoms with Crippen LogP contribution in [0.25, 0.3) is 0 Å². The number of hydrogen-bond donors (Lipinski definition) is 3. The number of nitrogen functional groups attached to an aromatic ring is 1. The van der Waals surface area contributed by atoms with E-state index in [0.29, 0.717) is 12.4 Å². The zero-order valence-electron chi connectivity index (χ0n) is 11.9. The molecule has 4 N–H and O–H groups in total. The summed E-state index contributed by atoms with van der Waals surface area (Å²) in [6.45, 7) is 6.00. The normalized spacial score (nSPS) is 11.6. The first-order valence-electron chi connectivity index (χ1n) is 6.34. The van der Waals surface area contributed by atoms with Crippen LogP contribution in [0.3, 0.4) is 0 Å². The first-order valence-corrected chi connectivity index (χ1v) is 7.99. The molecule has 0 aliphatic heterocycles. The fourth-order valence-corrected chi connectivity index (χ4v) is 2.39. The van der Waals surface area contributed by atoms with E-state index in [-0.39, 0.29) is 30.0 Å². The lowest BCUT2D eigenvalue weighted by molar-refractivity contribution is 0.234. The Morgan fingerprint density at radius 1 is 1.40 bits per heavy atom. The zero-order valence-corrected chi connectivity index (χ0v) is 12.7. The third-order valence-corrected chi connectivity index (χ3v) is 3.69. The van der Waals surface area contributed by atoms with Gasteiger partial charge in [-0.15, -0.1) is 0 Å². The Morgan fingerprint density at radius 2 is 2.10 bits per heavy atom. The van der Waals surface area contributed by atoms with Crippen LogP contribution >= 0.6 is 0 Å². The standard InChI is InChI=1S/C11H21N5O3S/c1-4-16-20(17,18)6-5-13-10-9(12)11(15-7-14-10)19-8(2)3/h7-8,16H,4-6,12H2,1-3H3,(H,13,14,15). The van der Waals surface area contributed by atoms with Gasteiger partial charge in [-0.2, -0.15) is 4.98 Å². The highest BCUT2D eigenvalue weighted by atomic mass is 32.2. The minimum atomic E-state index is -3.27. The summed E-state index contributed by atoms with van der Waals surface area (Å²) in [5.41, 5.74) is 6.13. The molecular weight excluding hydrogens is 282 g/mol. The van der Waals surface area contributed by atoms with Gasteiger partial charge in [0.2, 0.25) is 15.9 Å². The molecular formula is C11H21N5O3S. The van der Waals surface area contributed by atoms with E-state index in [4.69, 9.17) is 10.5 Å². The summed E-state index contributed by atoms with van der Waals surface area (Å²) >= 11 is 0. The van der Waals surface area contributed by atoms with Crippen molar-refractivity contribution in [3.05, 3.63) is 6.33 Å². The van der Waals surface area contributed by atoms with E-state index < -0.39 is 10.0 Å². The Morgan fingerprint density at radius 3 is 2.70 bits per heavy atom. The second kappa shape index (κ2) is 7.25. The Labute approximate surface area is 119 Å². The van der Waals surface area contributed by atoms with Gasteiger partial charge in [0.1, 0.15) is 12.0 Å². The van der Waals surface area contributed by atoms with Crippen molar-refractivity contribution in [3.63, 3.8) is 0 Å². The summed E-state index contributed by atoms with van der Waals surface area (Å²) in [7, 11) is -3.27. The molecule has 1 aromatic rings. The molecule has 0 spiro atoms. The maximum atomic E-state index is 11.5. The molecule has 0 amide bonds. The van der Waals surface area contributed by atoms with E-state index in [1.54, 1.807) is 6.92 Å². The molecule has 0 aliphatic rings. The average Bonchev–Trinajstić information content (AvgIpc) is 2.33. The van der Waals surface area contributed by atoms with Crippen LogP contribution in [-0.4, -0.2) is 43.3 Å². The molecule has 1 rings (SSSR count). The topological polar surface area (TPSA) is 119 Å². The first-order chi connectivity index (χ1) is 9.35. The Bertz CT molecular complexity index is 533. The lowest BCUT2D eigenvalue weighted by atomic mass is 10.4. The van der Waals surface area contributed by atoms with Gasteiger partial charge in [0.25, 0.3) is 0 Å². The number of nitrogens with one attached hydrogen (secondary N) is 2. The van der Waals surface area contributed by atoms with Crippen LogP contribution in [0.2, 0.25) is 0 Å². The van der Waals surface area contributed by atoms with Gasteiger partial charge in [0.15, 0.2) is 5.82 Å². The predicted octanol–water partition coefficient (Wildman–Crippen LogP) is 0.197. The number of hydrogen-bond acceptors (Lipinski definition) is 7. The van der Waals surface area contributed by atoms with Crippen molar-refractivity contribution in [2.45, 2.75) is 26.9 Å². The molecule has 8 nitrogen and oxygen atoms in total. The van der Waals surface area contributed by atoms with Crippen LogP contribution in [0.4, 0.5) is 11.5 Å². The van der Waals surface area contributed by atoms with Gasteiger partial charge in [-0.05, 0) is 13.8 Å². The highest BCUT2D eigenvalue weighted by Crippen LogP contribution is 2.25. The number of rotatable bonds is 8. The maximum Gasteiger partial charge on any atom is 0.242 e. The first kappa shape index (κ1) is 16.4. The van der Waals surface area contributed by atoms with E-state index in [9.17, 15) is 8.42 Å². The Kier molecular flexibility index (Phi) is 5.96. The summed E-state index contributed by atoms with van der Waals surface area (Å²) in [4.78, 5) is 7.91. The molecule has 1 heterocycles. The summed E-state index contributed by atoms with van der Waals surface area (Å²) in [6.07, 6.45) is 1.25. The van der Waals surface area contributed by atoms with Crippen molar-refractivity contribution in [1.82, 2.24) is 14.7 Å². The van der Waals surface area contributed by atoms with Gasteiger partial charge >= 0.3 is 0 Å². The monoisotopic (exact) mass is 303 g/mol. The van der Waals surface area contributed by atoms with Crippen molar-refractivity contribution in [1.29, 1.82) is 0 Å². The van der Waals surface area contributed by atoms with Crippen molar-refractivity contribution >= 4 is 21.5 Å². The molecule has 0 radical (unpaired) electrons. The van der Waals surface area contributed by atoms with Gasteiger partial charge < -0.3 is 15.8 Å². The summed E-state index contributed by atoms with van der Waals surface area (Å²) in [5, 5.41) is 2.87. The van der Waals surface area contributed by atoms with Crippen LogP contribution in [-0.2, 0) is 10.0 Å². The smallest absolute Gasteiger partial charge is 0.242 e. The Balaban J connectivity index is 2.65. The van der Waals surface area contributed by atoms with Crippen molar-refractivity contribution < 1.29 is 13.2 Å². The van der Waals surface area contributed by atoms with Crippen molar-refractivity contribution in [2.24, 2.45) is 0 Å². The highest BCUT2D eigenvalue weighted by Gasteiger charge is 2.12. The molecule has 1 aromatic heterocycles. The summed E-state index contributed by atoms with van der Waals surface area (Å²) in [6, 6.07) is 0. The molecule has 0 bridgehead atoms. The van der Waals surface area contributed by atoms with E-state index in [1.165, 1.54) is 6.33 Å². The molecule has 0 unspecified atom stereocenters. The highest BCUT2D eigenvalue weighted by molar-refractivity contribution is 7.89. The fourth-order valence-electron chi connectivity index (χ4n) is 1.43. The predicted molar refractivity (Wildman–Crippen MR) is 78.2 cm³/mol. The molecule has 9 heteroatoms. The fraction of sp³-hybridized carbons (Fsp3) is 0.636. The zero-order chi connectivity index (χ0) is 15.2. The van der Waals surface area contributed by atoms with Crippen LogP contribution < -0.4 is 20.5 Å². The lowest BCUT2D eigenvalue weighted by Gasteiger charge is -2.13. The lowest BCUT2D eigenvalue weighted by Crippen LogP contribution is -2.29. The van der Waals surface area contributed by atoms with E-state index in [2.05, 4.69) is 20.0 Å². The third-order valence-electron chi connectivity index (χ3n) is 2.22. The van der Waals surface area contributed by atoms with Crippen LogP contribution in [0.5, 0.6) is 5.88 Å². The number of ether oxygens (including phenoxy) is 1. The van der Waals surface area contributed by atoms with E-state index in [0.717, 1.165) is 0 Å². The van der Waals surface area contributed by atoms with Crippen molar-refractivity contribution in [2.75, 3.05) is 29.9 Å². The van der Waals surface area contributed by atoms with Gasteiger partial charge in [0.05, 0.1) is 11.9 Å². The largest absolute Gasteiger partial charge is 0.473 e. The Hall–Kier alpha value is -1.61.